The molecule has 0 amide bonds. The summed E-state index contributed by atoms with van der Waals surface area (Å²) in [4.78, 5) is 15.2. The SMILES string of the molecule is CC(=O)c1csc(Nc2ccc(Br)cc2)n1. The molecular formula is C11H9BrN2OS. The van der Waals surface area contributed by atoms with Crippen molar-refractivity contribution in [2.24, 2.45) is 0 Å². The summed E-state index contributed by atoms with van der Waals surface area (Å²) in [7, 11) is 0. The number of hydrogen-bond acceptors (Lipinski definition) is 4. The smallest absolute Gasteiger partial charge is 0.187 e. The topological polar surface area (TPSA) is 42.0 Å². The van der Waals surface area contributed by atoms with Crippen molar-refractivity contribution in [3.8, 4) is 0 Å². The summed E-state index contributed by atoms with van der Waals surface area (Å²) in [5.74, 6) is -0.0138. The van der Waals surface area contributed by atoms with E-state index in [4.69, 9.17) is 0 Å². The Morgan fingerprint density at radius 2 is 2.06 bits per heavy atom. The number of aromatic nitrogens is 1. The molecule has 0 aliphatic rings. The van der Waals surface area contributed by atoms with E-state index in [9.17, 15) is 4.79 Å². The van der Waals surface area contributed by atoms with E-state index >= 15 is 0 Å². The number of thiazole rings is 1. The monoisotopic (exact) mass is 296 g/mol. The molecule has 0 radical (unpaired) electrons. The molecule has 0 saturated carbocycles. The highest BCUT2D eigenvalue weighted by atomic mass is 79.9. The predicted octanol–water partition coefficient (Wildman–Crippen LogP) is 3.85. The van der Waals surface area contributed by atoms with Crippen LogP contribution in [0.1, 0.15) is 17.4 Å². The molecule has 0 saturated heterocycles. The van der Waals surface area contributed by atoms with Gasteiger partial charge in [0.05, 0.1) is 0 Å². The van der Waals surface area contributed by atoms with Gasteiger partial charge in [0, 0.05) is 22.5 Å². The maximum atomic E-state index is 11.1. The Balaban J connectivity index is 2.14. The van der Waals surface area contributed by atoms with Crippen molar-refractivity contribution in [3.05, 3.63) is 39.8 Å². The molecule has 16 heavy (non-hydrogen) atoms. The molecule has 0 spiro atoms. The second-order valence-corrected chi connectivity index (χ2v) is 5.00. The largest absolute Gasteiger partial charge is 0.332 e. The number of Topliss-reactive ketones (excluding diaryl/α,β-unsaturated/α-hetero) is 1. The molecule has 1 aromatic carbocycles. The average Bonchev–Trinajstić information content (AvgIpc) is 2.70. The number of nitrogens with one attached hydrogen (secondary N) is 1. The molecule has 0 aliphatic heterocycles. The van der Waals surface area contributed by atoms with Crippen molar-refractivity contribution in [3.63, 3.8) is 0 Å². The number of anilines is 2. The molecule has 2 aromatic rings. The van der Waals surface area contributed by atoms with Gasteiger partial charge in [-0.25, -0.2) is 4.98 Å². The number of hydrogen-bond donors (Lipinski definition) is 1. The van der Waals surface area contributed by atoms with E-state index in [1.54, 1.807) is 5.38 Å². The third-order valence-corrected chi connectivity index (χ3v) is 3.25. The molecule has 3 nitrogen and oxygen atoms in total. The molecule has 0 bridgehead atoms. The minimum absolute atomic E-state index is 0.0138. The second-order valence-electron chi connectivity index (χ2n) is 3.23. The zero-order valence-corrected chi connectivity index (χ0v) is 10.9. The van der Waals surface area contributed by atoms with Gasteiger partial charge in [0.25, 0.3) is 0 Å². The van der Waals surface area contributed by atoms with E-state index in [1.807, 2.05) is 24.3 Å². The van der Waals surface area contributed by atoms with E-state index in [1.165, 1.54) is 18.3 Å². The normalized spacial score (nSPS) is 10.1. The van der Waals surface area contributed by atoms with Crippen LogP contribution in [0.5, 0.6) is 0 Å². The Kier molecular flexibility index (Phi) is 3.36. The lowest BCUT2D eigenvalue weighted by Gasteiger charge is -2.01. The highest BCUT2D eigenvalue weighted by Crippen LogP contribution is 2.22. The number of halogens is 1. The fraction of sp³-hybridized carbons (Fsp3) is 0.0909. The minimum atomic E-state index is -0.0138. The zero-order valence-electron chi connectivity index (χ0n) is 8.53. The van der Waals surface area contributed by atoms with Crippen molar-refractivity contribution in [2.45, 2.75) is 6.92 Å². The zero-order chi connectivity index (χ0) is 11.5. The van der Waals surface area contributed by atoms with Crippen molar-refractivity contribution < 1.29 is 4.79 Å². The van der Waals surface area contributed by atoms with Gasteiger partial charge in [-0.3, -0.25) is 4.79 Å². The first-order valence-electron chi connectivity index (χ1n) is 4.64. The molecule has 5 heteroatoms. The summed E-state index contributed by atoms with van der Waals surface area (Å²) < 4.78 is 1.03. The summed E-state index contributed by atoms with van der Waals surface area (Å²) in [6, 6.07) is 7.78. The third-order valence-electron chi connectivity index (χ3n) is 1.96. The fourth-order valence-electron chi connectivity index (χ4n) is 1.15. The number of carbonyl (C=O) groups is 1. The molecule has 0 atom stereocenters. The first-order valence-corrected chi connectivity index (χ1v) is 6.31. The first-order chi connectivity index (χ1) is 7.65. The third kappa shape index (κ3) is 2.68. The van der Waals surface area contributed by atoms with Crippen LogP contribution in [0.25, 0.3) is 0 Å². The summed E-state index contributed by atoms with van der Waals surface area (Å²) in [5.41, 5.74) is 1.46. The summed E-state index contributed by atoms with van der Waals surface area (Å²) >= 11 is 4.79. The van der Waals surface area contributed by atoms with Gasteiger partial charge >= 0.3 is 0 Å². The van der Waals surface area contributed by atoms with E-state index in [-0.39, 0.29) is 5.78 Å². The van der Waals surface area contributed by atoms with Crippen LogP contribution in [0.15, 0.2) is 34.1 Å². The Labute approximate surface area is 106 Å². The van der Waals surface area contributed by atoms with Crippen LogP contribution in [0.4, 0.5) is 10.8 Å². The van der Waals surface area contributed by atoms with Crippen LogP contribution in [0.2, 0.25) is 0 Å². The number of nitrogens with zero attached hydrogens (tertiary/aromatic N) is 1. The lowest BCUT2D eigenvalue weighted by Crippen LogP contribution is -1.93. The van der Waals surface area contributed by atoms with E-state index in [0.29, 0.717) is 5.69 Å². The van der Waals surface area contributed by atoms with Crippen molar-refractivity contribution in [1.29, 1.82) is 0 Å². The number of benzene rings is 1. The average molecular weight is 297 g/mol. The summed E-state index contributed by atoms with van der Waals surface area (Å²) in [6.45, 7) is 1.51. The maximum absolute atomic E-state index is 11.1. The van der Waals surface area contributed by atoms with Crippen molar-refractivity contribution >= 4 is 43.9 Å². The molecule has 0 unspecified atom stereocenters. The van der Waals surface area contributed by atoms with Gasteiger partial charge in [-0.1, -0.05) is 15.9 Å². The Morgan fingerprint density at radius 3 is 2.62 bits per heavy atom. The van der Waals surface area contributed by atoms with Gasteiger partial charge in [-0.15, -0.1) is 11.3 Å². The van der Waals surface area contributed by atoms with Crippen LogP contribution in [-0.4, -0.2) is 10.8 Å². The van der Waals surface area contributed by atoms with Crippen LogP contribution >= 0.6 is 27.3 Å². The lowest BCUT2D eigenvalue weighted by molar-refractivity contribution is 0.101. The van der Waals surface area contributed by atoms with Crippen LogP contribution in [-0.2, 0) is 0 Å². The standard InChI is InChI=1S/C11H9BrN2OS/c1-7(15)10-6-16-11(14-10)13-9-4-2-8(12)3-5-9/h2-6H,1H3,(H,13,14). The van der Waals surface area contributed by atoms with Gasteiger partial charge in [-0.05, 0) is 24.3 Å². The fourth-order valence-corrected chi connectivity index (χ4v) is 2.18. The van der Waals surface area contributed by atoms with E-state index in [2.05, 4.69) is 26.2 Å². The Morgan fingerprint density at radius 1 is 1.38 bits per heavy atom. The lowest BCUT2D eigenvalue weighted by atomic mass is 10.3. The van der Waals surface area contributed by atoms with Gasteiger partial charge in [0.1, 0.15) is 5.69 Å². The predicted molar refractivity (Wildman–Crippen MR) is 69.5 cm³/mol. The highest BCUT2D eigenvalue weighted by molar-refractivity contribution is 9.10. The van der Waals surface area contributed by atoms with E-state index in [0.717, 1.165) is 15.3 Å². The van der Waals surface area contributed by atoms with Gasteiger partial charge in [0.15, 0.2) is 10.9 Å². The molecule has 2 rings (SSSR count). The van der Waals surface area contributed by atoms with Crippen molar-refractivity contribution in [1.82, 2.24) is 4.98 Å². The molecule has 0 aliphatic carbocycles. The molecule has 1 heterocycles. The summed E-state index contributed by atoms with van der Waals surface area (Å²) in [6.07, 6.45) is 0. The van der Waals surface area contributed by atoms with E-state index < -0.39 is 0 Å². The van der Waals surface area contributed by atoms with Gasteiger partial charge in [0.2, 0.25) is 0 Å². The van der Waals surface area contributed by atoms with Crippen LogP contribution in [0.3, 0.4) is 0 Å². The Bertz CT molecular complexity index is 507. The minimum Gasteiger partial charge on any atom is -0.332 e. The molecule has 1 N–H and O–H groups in total. The van der Waals surface area contributed by atoms with Crippen molar-refractivity contribution in [2.75, 3.05) is 5.32 Å². The summed E-state index contributed by atoms with van der Waals surface area (Å²) in [5, 5.41) is 5.62. The number of carbonyl (C=O) groups excluding carboxylic acids is 1. The maximum Gasteiger partial charge on any atom is 0.187 e. The van der Waals surface area contributed by atoms with Gasteiger partial charge < -0.3 is 5.32 Å². The quantitative estimate of drug-likeness (QED) is 0.875. The number of ketones is 1. The van der Waals surface area contributed by atoms with Gasteiger partial charge in [-0.2, -0.15) is 0 Å². The Hall–Kier alpha value is -1.20. The van der Waals surface area contributed by atoms with Crippen LogP contribution < -0.4 is 5.32 Å². The number of rotatable bonds is 3. The first kappa shape index (κ1) is 11.3. The molecular weight excluding hydrogens is 288 g/mol. The highest BCUT2D eigenvalue weighted by Gasteiger charge is 2.05. The molecule has 0 fully saturated rings. The molecule has 1 aromatic heterocycles. The molecule has 82 valence electrons. The van der Waals surface area contributed by atoms with Crippen LogP contribution in [0, 0.1) is 0 Å². The second kappa shape index (κ2) is 4.76.